The van der Waals surface area contributed by atoms with Gasteiger partial charge in [0.05, 0.1) is 5.60 Å². The summed E-state index contributed by atoms with van der Waals surface area (Å²) < 4.78 is 5.54. The minimum absolute atomic E-state index is 0.0806. The van der Waals surface area contributed by atoms with Gasteiger partial charge in [0, 0.05) is 19.6 Å². The fraction of sp³-hybridized carbons (Fsp3) is 0.833. The van der Waals surface area contributed by atoms with Crippen molar-refractivity contribution in [3.05, 3.63) is 0 Å². The fourth-order valence-corrected chi connectivity index (χ4v) is 1.89. The number of nitrogens with zero attached hydrogens (tertiary/aromatic N) is 1. The summed E-state index contributed by atoms with van der Waals surface area (Å²) >= 11 is 0. The second kappa shape index (κ2) is 5.24. The summed E-state index contributed by atoms with van der Waals surface area (Å²) in [5.74, 6) is -1.31. The van der Waals surface area contributed by atoms with Gasteiger partial charge in [-0.2, -0.15) is 0 Å². The highest BCUT2D eigenvalue weighted by molar-refractivity contribution is 5.87. The second-order valence-electron chi connectivity index (χ2n) is 5.34. The van der Waals surface area contributed by atoms with E-state index in [1.807, 2.05) is 6.92 Å². The van der Waals surface area contributed by atoms with E-state index in [0.29, 0.717) is 19.6 Å². The lowest BCUT2D eigenvalue weighted by atomic mass is 10.00. The van der Waals surface area contributed by atoms with Gasteiger partial charge < -0.3 is 20.1 Å². The molecule has 6 nitrogen and oxygen atoms in total. The third kappa shape index (κ3) is 3.00. The van der Waals surface area contributed by atoms with Crippen molar-refractivity contribution in [1.29, 1.82) is 0 Å². The molecule has 0 atom stereocenters. The van der Waals surface area contributed by atoms with Gasteiger partial charge in [-0.25, -0.2) is 4.79 Å². The van der Waals surface area contributed by atoms with E-state index in [4.69, 9.17) is 9.84 Å². The first-order chi connectivity index (χ1) is 8.23. The zero-order valence-electron chi connectivity index (χ0n) is 11.4. The van der Waals surface area contributed by atoms with E-state index >= 15 is 0 Å². The minimum atomic E-state index is -1.21. The van der Waals surface area contributed by atoms with Crippen LogP contribution in [0.4, 0.5) is 0 Å². The van der Waals surface area contributed by atoms with Crippen LogP contribution in [-0.2, 0) is 14.3 Å². The van der Waals surface area contributed by atoms with Gasteiger partial charge in [-0.05, 0) is 27.7 Å². The van der Waals surface area contributed by atoms with Crippen molar-refractivity contribution in [3.63, 3.8) is 0 Å². The number of likely N-dealkylation sites (N-methyl/N-ethyl adjacent to an activating group) is 1. The van der Waals surface area contributed by atoms with Gasteiger partial charge in [0.1, 0.15) is 12.1 Å². The fourth-order valence-electron chi connectivity index (χ4n) is 1.89. The van der Waals surface area contributed by atoms with Crippen LogP contribution < -0.4 is 5.32 Å². The predicted molar refractivity (Wildman–Crippen MR) is 66.3 cm³/mol. The Morgan fingerprint density at radius 2 is 2.00 bits per heavy atom. The molecule has 0 spiro atoms. The molecular weight excluding hydrogens is 236 g/mol. The van der Waals surface area contributed by atoms with Gasteiger partial charge in [-0.1, -0.05) is 0 Å². The van der Waals surface area contributed by atoms with Crippen LogP contribution >= 0.6 is 0 Å². The number of carboxylic acids is 1. The Balaban J connectivity index is 2.59. The van der Waals surface area contributed by atoms with E-state index in [0.717, 1.165) is 0 Å². The molecule has 0 saturated carbocycles. The standard InChI is InChI=1S/C12H22N2O4/c1-5-14(11(2,3)10(16)17)9(15)6-18-12(4)7-13-8-12/h13H,5-8H2,1-4H3,(H,16,17). The monoisotopic (exact) mass is 258 g/mol. The van der Waals surface area contributed by atoms with Gasteiger partial charge in [0.15, 0.2) is 0 Å². The van der Waals surface area contributed by atoms with E-state index in [1.165, 1.54) is 18.7 Å². The summed E-state index contributed by atoms with van der Waals surface area (Å²) in [6.45, 7) is 8.42. The summed E-state index contributed by atoms with van der Waals surface area (Å²) in [6, 6.07) is 0. The van der Waals surface area contributed by atoms with Gasteiger partial charge in [0.2, 0.25) is 5.91 Å². The Hall–Kier alpha value is -1.14. The van der Waals surface area contributed by atoms with Crippen LogP contribution in [0, 0.1) is 0 Å². The summed E-state index contributed by atoms with van der Waals surface area (Å²) in [5.41, 5.74) is -1.52. The first kappa shape index (κ1) is 14.9. The van der Waals surface area contributed by atoms with Crippen molar-refractivity contribution in [3.8, 4) is 0 Å². The first-order valence-corrected chi connectivity index (χ1v) is 6.11. The molecule has 1 amide bonds. The average molecular weight is 258 g/mol. The molecule has 6 heteroatoms. The maximum atomic E-state index is 12.0. The molecule has 0 aromatic heterocycles. The highest BCUT2D eigenvalue weighted by Gasteiger charge is 2.38. The lowest BCUT2D eigenvalue weighted by Crippen LogP contribution is -2.60. The SMILES string of the molecule is CCN(C(=O)COC1(C)CNC1)C(C)(C)C(=O)O. The van der Waals surface area contributed by atoms with Crippen molar-refractivity contribution < 1.29 is 19.4 Å². The molecule has 1 rings (SSSR count). The molecular formula is C12H22N2O4. The third-order valence-electron chi connectivity index (χ3n) is 3.36. The van der Waals surface area contributed by atoms with Crippen LogP contribution in [0.25, 0.3) is 0 Å². The van der Waals surface area contributed by atoms with Crippen molar-refractivity contribution >= 4 is 11.9 Å². The lowest BCUT2D eigenvalue weighted by Gasteiger charge is -2.40. The molecule has 1 fully saturated rings. The number of nitrogens with one attached hydrogen (secondary N) is 1. The molecule has 1 aliphatic rings. The van der Waals surface area contributed by atoms with Crippen molar-refractivity contribution in [2.75, 3.05) is 26.2 Å². The van der Waals surface area contributed by atoms with E-state index < -0.39 is 11.5 Å². The van der Waals surface area contributed by atoms with E-state index in [9.17, 15) is 9.59 Å². The maximum absolute atomic E-state index is 12.0. The molecule has 0 aromatic rings. The molecule has 1 aliphatic heterocycles. The Kier molecular flexibility index (Phi) is 4.34. The molecule has 1 heterocycles. The molecule has 0 aromatic carbocycles. The van der Waals surface area contributed by atoms with Crippen molar-refractivity contribution in [1.82, 2.24) is 10.2 Å². The smallest absolute Gasteiger partial charge is 0.329 e. The molecule has 18 heavy (non-hydrogen) atoms. The second-order valence-corrected chi connectivity index (χ2v) is 5.34. The van der Waals surface area contributed by atoms with Gasteiger partial charge in [0.25, 0.3) is 0 Å². The number of aliphatic carboxylic acids is 1. The molecule has 2 N–H and O–H groups in total. The average Bonchev–Trinajstić information content (AvgIpc) is 2.24. The van der Waals surface area contributed by atoms with Gasteiger partial charge in [-0.15, -0.1) is 0 Å². The van der Waals surface area contributed by atoms with Crippen molar-refractivity contribution in [2.45, 2.75) is 38.8 Å². The number of hydrogen-bond acceptors (Lipinski definition) is 4. The van der Waals surface area contributed by atoms with Crippen LogP contribution in [-0.4, -0.2) is 59.3 Å². The van der Waals surface area contributed by atoms with Crippen LogP contribution in [0.5, 0.6) is 0 Å². The van der Waals surface area contributed by atoms with E-state index in [2.05, 4.69) is 5.32 Å². The molecule has 0 bridgehead atoms. The molecule has 0 unspecified atom stereocenters. The number of hydrogen-bond donors (Lipinski definition) is 2. The minimum Gasteiger partial charge on any atom is -0.480 e. The maximum Gasteiger partial charge on any atom is 0.329 e. The van der Waals surface area contributed by atoms with Crippen LogP contribution in [0.15, 0.2) is 0 Å². The number of carboxylic acid groups (broad SMARTS) is 1. The van der Waals surface area contributed by atoms with E-state index in [1.54, 1.807) is 6.92 Å². The molecule has 0 radical (unpaired) electrons. The van der Waals surface area contributed by atoms with Crippen LogP contribution in [0.2, 0.25) is 0 Å². The third-order valence-corrected chi connectivity index (χ3v) is 3.36. The summed E-state index contributed by atoms with van der Waals surface area (Å²) in [7, 11) is 0. The Bertz CT molecular complexity index is 337. The normalized spacial score (nSPS) is 18.0. The molecule has 104 valence electrons. The number of amides is 1. The Morgan fingerprint density at radius 1 is 1.44 bits per heavy atom. The zero-order valence-corrected chi connectivity index (χ0v) is 11.4. The Labute approximate surface area is 107 Å². The quantitative estimate of drug-likeness (QED) is 0.705. The van der Waals surface area contributed by atoms with Gasteiger partial charge in [-0.3, -0.25) is 4.79 Å². The number of carbonyl (C=O) groups is 2. The van der Waals surface area contributed by atoms with E-state index in [-0.39, 0.29) is 18.1 Å². The largest absolute Gasteiger partial charge is 0.480 e. The first-order valence-electron chi connectivity index (χ1n) is 6.11. The zero-order chi connectivity index (χ0) is 14.0. The highest BCUT2D eigenvalue weighted by Crippen LogP contribution is 2.18. The predicted octanol–water partition coefficient (Wildman–Crippen LogP) is 0.0766. The molecule has 1 saturated heterocycles. The lowest BCUT2D eigenvalue weighted by molar-refractivity contribution is -0.162. The summed E-state index contributed by atoms with van der Waals surface area (Å²) in [5, 5.41) is 12.2. The summed E-state index contributed by atoms with van der Waals surface area (Å²) in [6.07, 6.45) is 0. The topological polar surface area (TPSA) is 78.9 Å². The highest BCUT2D eigenvalue weighted by atomic mass is 16.5. The van der Waals surface area contributed by atoms with Crippen molar-refractivity contribution in [2.24, 2.45) is 0 Å². The number of ether oxygens (including phenoxy) is 1. The summed E-state index contributed by atoms with van der Waals surface area (Å²) in [4.78, 5) is 24.5. The van der Waals surface area contributed by atoms with Gasteiger partial charge >= 0.3 is 5.97 Å². The number of rotatable bonds is 6. The van der Waals surface area contributed by atoms with Crippen LogP contribution in [0.3, 0.4) is 0 Å². The Morgan fingerprint density at radius 3 is 2.33 bits per heavy atom. The number of carbonyl (C=O) groups excluding carboxylic acids is 1. The van der Waals surface area contributed by atoms with Crippen LogP contribution in [0.1, 0.15) is 27.7 Å². The molecule has 0 aliphatic carbocycles.